The third-order valence-electron chi connectivity index (χ3n) is 2.50. The zero-order valence-corrected chi connectivity index (χ0v) is 12.3. The molecule has 0 unspecified atom stereocenters. The number of aryl methyl sites for hydroxylation is 1. The van der Waals surface area contributed by atoms with Crippen LogP contribution in [0.15, 0.2) is 33.9 Å². The molecule has 5 heteroatoms. The van der Waals surface area contributed by atoms with Crippen molar-refractivity contribution in [3.05, 3.63) is 40.1 Å². The molecule has 0 saturated heterocycles. The van der Waals surface area contributed by atoms with Crippen LogP contribution in [-0.2, 0) is 19.2 Å². The van der Waals surface area contributed by atoms with Gasteiger partial charge in [0.15, 0.2) is 5.16 Å². The van der Waals surface area contributed by atoms with Crippen molar-refractivity contribution >= 4 is 27.7 Å². The molecule has 0 amide bonds. The maximum Gasteiger partial charge on any atom is 0.191 e. The van der Waals surface area contributed by atoms with Gasteiger partial charge in [-0.1, -0.05) is 46.7 Å². The Balaban J connectivity index is 2.05. The third-order valence-corrected chi connectivity index (χ3v) is 4.08. The second-order valence-corrected chi connectivity index (χ2v) is 5.59. The summed E-state index contributed by atoms with van der Waals surface area (Å²) >= 11 is 5.19. The van der Waals surface area contributed by atoms with Gasteiger partial charge in [0.05, 0.1) is 0 Å². The zero-order chi connectivity index (χ0) is 12.3. The van der Waals surface area contributed by atoms with Crippen LogP contribution in [0.25, 0.3) is 0 Å². The van der Waals surface area contributed by atoms with E-state index in [0.717, 1.165) is 27.6 Å². The normalized spacial score (nSPS) is 10.8. The number of aromatic nitrogens is 3. The quantitative estimate of drug-likeness (QED) is 0.810. The Kier molecular flexibility index (Phi) is 4.23. The van der Waals surface area contributed by atoms with E-state index in [2.05, 4.69) is 49.8 Å². The lowest BCUT2D eigenvalue weighted by Crippen LogP contribution is -1.97. The highest BCUT2D eigenvalue weighted by molar-refractivity contribution is 9.10. The van der Waals surface area contributed by atoms with Crippen molar-refractivity contribution < 1.29 is 0 Å². The van der Waals surface area contributed by atoms with Crippen LogP contribution in [0.4, 0.5) is 0 Å². The van der Waals surface area contributed by atoms with Gasteiger partial charge in [0, 0.05) is 23.7 Å². The monoisotopic (exact) mass is 311 g/mol. The number of rotatable bonds is 4. The minimum absolute atomic E-state index is 0.912. The summed E-state index contributed by atoms with van der Waals surface area (Å²) in [6.45, 7) is 2.09. The van der Waals surface area contributed by atoms with E-state index in [1.54, 1.807) is 11.8 Å². The Morgan fingerprint density at radius 1 is 1.35 bits per heavy atom. The molecule has 2 aromatic rings. The van der Waals surface area contributed by atoms with Gasteiger partial charge in [-0.05, 0) is 17.7 Å². The standard InChI is InChI=1S/C12H14BrN3S/c1-3-11-14-15-12(16(11)2)17-8-9-5-4-6-10(13)7-9/h4-7H,3,8H2,1-2H3. The van der Waals surface area contributed by atoms with Crippen molar-refractivity contribution in [3.8, 4) is 0 Å². The van der Waals surface area contributed by atoms with Crippen molar-refractivity contribution in [1.82, 2.24) is 14.8 Å². The Morgan fingerprint density at radius 2 is 2.18 bits per heavy atom. The number of halogens is 1. The van der Waals surface area contributed by atoms with Crippen LogP contribution in [0.1, 0.15) is 18.3 Å². The summed E-state index contributed by atoms with van der Waals surface area (Å²) in [7, 11) is 2.02. The summed E-state index contributed by atoms with van der Waals surface area (Å²) in [6, 6.07) is 8.33. The number of benzene rings is 1. The molecule has 0 spiro atoms. The lowest BCUT2D eigenvalue weighted by molar-refractivity contribution is 0.741. The first kappa shape index (κ1) is 12.6. The predicted octanol–water partition coefficient (Wildman–Crippen LogP) is 3.43. The highest BCUT2D eigenvalue weighted by atomic mass is 79.9. The molecule has 1 aromatic heterocycles. The SMILES string of the molecule is CCc1nnc(SCc2cccc(Br)c2)n1C. The molecule has 0 bridgehead atoms. The second kappa shape index (κ2) is 5.69. The van der Waals surface area contributed by atoms with E-state index in [0.29, 0.717) is 0 Å². The third kappa shape index (κ3) is 3.10. The summed E-state index contributed by atoms with van der Waals surface area (Å²) in [5.74, 6) is 1.94. The van der Waals surface area contributed by atoms with Crippen LogP contribution in [0, 0.1) is 0 Å². The molecule has 0 fully saturated rings. The minimum atomic E-state index is 0.912. The van der Waals surface area contributed by atoms with Gasteiger partial charge in [-0.25, -0.2) is 0 Å². The molecule has 2 rings (SSSR count). The molecule has 0 aliphatic rings. The predicted molar refractivity (Wildman–Crippen MR) is 74.1 cm³/mol. The fourth-order valence-corrected chi connectivity index (χ4v) is 2.87. The van der Waals surface area contributed by atoms with Crippen LogP contribution < -0.4 is 0 Å². The van der Waals surface area contributed by atoms with Crippen LogP contribution in [-0.4, -0.2) is 14.8 Å². The second-order valence-electron chi connectivity index (χ2n) is 3.73. The smallest absolute Gasteiger partial charge is 0.191 e. The van der Waals surface area contributed by atoms with E-state index < -0.39 is 0 Å². The molecule has 0 saturated carbocycles. The zero-order valence-electron chi connectivity index (χ0n) is 9.85. The summed E-state index contributed by atoms with van der Waals surface area (Å²) in [5.41, 5.74) is 1.28. The van der Waals surface area contributed by atoms with Crippen LogP contribution in [0.2, 0.25) is 0 Å². The van der Waals surface area contributed by atoms with Gasteiger partial charge in [0.2, 0.25) is 0 Å². The van der Waals surface area contributed by atoms with Crippen LogP contribution in [0.5, 0.6) is 0 Å². The van der Waals surface area contributed by atoms with E-state index in [1.807, 2.05) is 19.2 Å². The minimum Gasteiger partial charge on any atom is -0.309 e. The molecular formula is C12H14BrN3S. The van der Waals surface area contributed by atoms with Gasteiger partial charge in [-0.3, -0.25) is 0 Å². The van der Waals surface area contributed by atoms with Gasteiger partial charge in [0.25, 0.3) is 0 Å². The Labute approximate surface area is 114 Å². The van der Waals surface area contributed by atoms with Gasteiger partial charge in [-0.15, -0.1) is 10.2 Å². The number of nitrogens with zero attached hydrogens (tertiary/aromatic N) is 3. The first-order chi connectivity index (χ1) is 8.20. The summed E-state index contributed by atoms with van der Waals surface area (Å²) in [4.78, 5) is 0. The highest BCUT2D eigenvalue weighted by Gasteiger charge is 2.07. The first-order valence-electron chi connectivity index (χ1n) is 5.46. The molecule has 0 radical (unpaired) electrons. The van der Waals surface area contributed by atoms with Crippen LogP contribution >= 0.6 is 27.7 Å². The average Bonchev–Trinajstić information content (AvgIpc) is 2.67. The van der Waals surface area contributed by atoms with Gasteiger partial charge < -0.3 is 4.57 Å². The molecule has 90 valence electrons. The molecule has 1 heterocycles. The van der Waals surface area contributed by atoms with E-state index in [4.69, 9.17) is 0 Å². The van der Waals surface area contributed by atoms with Gasteiger partial charge in [0.1, 0.15) is 5.82 Å². The van der Waals surface area contributed by atoms with Crippen LogP contribution in [0.3, 0.4) is 0 Å². The molecule has 1 aromatic carbocycles. The Morgan fingerprint density at radius 3 is 2.82 bits per heavy atom. The summed E-state index contributed by atoms with van der Waals surface area (Å²) in [6.07, 6.45) is 0.918. The molecule has 0 atom stereocenters. The van der Waals surface area contributed by atoms with Crippen molar-refractivity contribution in [1.29, 1.82) is 0 Å². The first-order valence-corrected chi connectivity index (χ1v) is 7.24. The molecular weight excluding hydrogens is 298 g/mol. The number of thioether (sulfide) groups is 1. The van der Waals surface area contributed by atoms with Crippen molar-refractivity contribution in [2.24, 2.45) is 7.05 Å². The molecule has 0 N–H and O–H groups in total. The maximum absolute atomic E-state index is 4.19. The summed E-state index contributed by atoms with van der Waals surface area (Å²) < 4.78 is 3.17. The molecule has 0 aliphatic heterocycles. The van der Waals surface area contributed by atoms with Crippen molar-refractivity contribution in [2.45, 2.75) is 24.3 Å². The molecule has 0 aliphatic carbocycles. The van der Waals surface area contributed by atoms with Crippen molar-refractivity contribution in [2.75, 3.05) is 0 Å². The van der Waals surface area contributed by atoms with Gasteiger partial charge in [-0.2, -0.15) is 0 Å². The largest absolute Gasteiger partial charge is 0.309 e. The average molecular weight is 312 g/mol. The maximum atomic E-state index is 4.19. The summed E-state index contributed by atoms with van der Waals surface area (Å²) in [5, 5.41) is 9.31. The lowest BCUT2D eigenvalue weighted by atomic mass is 10.2. The molecule has 17 heavy (non-hydrogen) atoms. The Hall–Kier alpha value is -0.810. The van der Waals surface area contributed by atoms with Gasteiger partial charge >= 0.3 is 0 Å². The highest BCUT2D eigenvalue weighted by Crippen LogP contribution is 2.22. The van der Waals surface area contributed by atoms with E-state index >= 15 is 0 Å². The fraction of sp³-hybridized carbons (Fsp3) is 0.333. The van der Waals surface area contributed by atoms with E-state index in [9.17, 15) is 0 Å². The fourth-order valence-electron chi connectivity index (χ4n) is 1.55. The molecule has 3 nitrogen and oxygen atoms in total. The lowest BCUT2D eigenvalue weighted by Gasteiger charge is -2.03. The van der Waals surface area contributed by atoms with E-state index in [1.165, 1.54) is 5.56 Å². The van der Waals surface area contributed by atoms with E-state index in [-0.39, 0.29) is 0 Å². The topological polar surface area (TPSA) is 30.7 Å². The van der Waals surface area contributed by atoms with Crippen molar-refractivity contribution in [3.63, 3.8) is 0 Å². The Bertz CT molecular complexity index is 510. The number of hydrogen-bond acceptors (Lipinski definition) is 3. The number of hydrogen-bond donors (Lipinski definition) is 0.